The van der Waals surface area contributed by atoms with Crippen LogP contribution >= 0.6 is 0 Å². The molecule has 0 bridgehead atoms. The Balaban J connectivity index is 1.39. The zero-order chi connectivity index (χ0) is 27.5. The number of esters is 1. The van der Waals surface area contributed by atoms with Gasteiger partial charge in [0, 0.05) is 35.9 Å². The highest BCUT2D eigenvalue weighted by atomic mass is 16.5. The van der Waals surface area contributed by atoms with Gasteiger partial charge < -0.3 is 14.5 Å². The van der Waals surface area contributed by atoms with E-state index >= 15 is 0 Å². The molecule has 1 atom stereocenters. The van der Waals surface area contributed by atoms with E-state index in [0.29, 0.717) is 42.5 Å². The largest absolute Gasteiger partial charge is 0.466 e. The molecular weight excluding hydrogens is 492 g/mol. The minimum absolute atomic E-state index is 0.0243. The van der Waals surface area contributed by atoms with Gasteiger partial charge in [0.15, 0.2) is 5.78 Å². The molecule has 0 amide bonds. The Kier molecular flexibility index (Phi) is 9.94. The van der Waals surface area contributed by atoms with Crippen LogP contribution in [0.3, 0.4) is 0 Å². The molecule has 0 radical (unpaired) electrons. The van der Waals surface area contributed by atoms with Crippen LogP contribution < -0.4 is 5.32 Å². The summed E-state index contributed by atoms with van der Waals surface area (Å²) in [6, 6.07) is 21.3. The third-order valence-electron chi connectivity index (χ3n) is 6.35. The zero-order valence-corrected chi connectivity index (χ0v) is 22.4. The molecule has 0 saturated carbocycles. The Morgan fingerprint density at radius 2 is 1.67 bits per heavy atom. The summed E-state index contributed by atoms with van der Waals surface area (Å²) in [5, 5.41) is 11.9. The van der Waals surface area contributed by atoms with Crippen molar-refractivity contribution >= 4 is 17.4 Å². The van der Waals surface area contributed by atoms with Crippen LogP contribution in [0.4, 0.5) is 5.69 Å². The smallest absolute Gasteiger partial charge is 0.305 e. The maximum atomic E-state index is 12.5. The van der Waals surface area contributed by atoms with E-state index in [0.717, 1.165) is 36.1 Å². The number of rotatable bonds is 14. The molecule has 202 valence electrons. The number of hydrogen-bond donors (Lipinski definition) is 1. The summed E-state index contributed by atoms with van der Waals surface area (Å²) in [5.41, 5.74) is 4.22. The first-order valence-electron chi connectivity index (χ1n) is 13.5. The fourth-order valence-electron chi connectivity index (χ4n) is 4.25. The molecular formula is C31H34N4O4. The first kappa shape index (κ1) is 27.7. The maximum Gasteiger partial charge on any atom is 0.305 e. The second-order valence-corrected chi connectivity index (χ2v) is 9.25. The van der Waals surface area contributed by atoms with E-state index in [-0.39, 0.29) is 24.2 Å². The maximum absolute atomic E-state index is 12.5. The predicted octanol–water partition coefficient (Wildman–Crippen LogP) is 7.06. The Labute approximate surface area is 228 Å². The highest BCUT2D eigenvalue weighted by Crippen LogP contribution is 2.28. The number of benzene rings is 2. The molecule has 8 nitrogen and oxygen atoms in total. The number of aromatic nitrogens is 3. The van der Waals surface area contributed by atoms with Gasteiger partial charge in [0.2, 0.25) is 5.89 Å². The van der Waals surface area contributed by atoms with Gasteiger partial charge >= 0.3 is 5.97 Å². The third kappa shape index (κ3) is 7.83. The van der Waals surface area contributed by atoms with Crippen molar-refractivity contribution in [3.63, 3.8) is 0 Å². The predicted molar refractivity (Wildman–Crippen MR) is 150 cm³/mol. The van der Waals surface area contributed by atoms with Crippen molar-refractivity contribution in [1.82, 2.24) is 15.2 Å². The number of ketones is 1. The number of nitrogens with one attached hydrogen (secondary N) is 1. The number of hydrogen-bond acceptors (Lipinski definition) is 8. The van der Waals surface area contributed by atoms with Crippen LogP contribution in [-0.4, -0.2) is 33.5 Å². The Hall–Kier alpha value is -4.33. The molecule has 0 aliphatic heterocycles. The number of anilines is 1. The lowest BCUT2D eigenvalue weighted by atomic mass is 9.99. The van der Waals surface area contributed by atoms with Crippen molar-refractivity contribution in [3.05, 3.63) is 84.1 Å². The second-order valence-electron chi connectivity index (χ2n) is 9.25. The average Bonchev–Trinajstić information content (AvgIpc) is 3.47. The van der Waals surface area contributed by atoms with Gasteiger partial charge in [-0.25, -0.2) is 0 Å². The molecule has 8 heteroatoms. The number of nitrogens with zero attached hydrogens (tertiary/aromatic N) is 3. The van der Waals surface area contributed by atoms with Crippen molar-refractivity contribution in [2.75, 3.05) is 11.9 Å². The Bertz CT molecular complexity index is 1340. The lowest BCUT2D eigenvalue weighted by molar-refractivity contribution is -0.143. The summed E-state index contributed by atoms with van der Waals surface area (Å²) in [5.74, 6) is 0.597. The summed E-state index contributed by atoms with van der Waals surface area (Å²) in [6.45, 7) is 4.31. The lowest BCUT2D eigenvalue weighted by Crippen LogP contribution is -2.11. The van der Waals surface area contributed by atoms with Crippen LogP contribution in [0, 0.1) is 0 Å². The fourth-order valence-corrected chi connectivity index (χ4v) is 4.25. The number of pyridine rings is 1. The summed E-state index contributed by atoms with van der Waals surface area (Å²) in [7, 11) is 0. The first-order valence-corrected chi connectivity index (χ1v) is 13.5. The highest BCUT2D eigenvalue weighted by molar-refractivity contribution is 5.96. The van der Waals surface area contributed by atoms with E-state index in [1.807, 2.05) is 54.6 Å². The van der Waals surface area contributed by atoms with Crippen LogP contribution in [0.15, 0.2) is 77.3 Å². The van der Waals surface area contributed by atoms with Gasteiger partial charge in [-0.05, 0) is 73.9 Å². The number of carbonyl (C=O) groups is 2. The van der Waals surface area contributed by atoms with Gasteiger partial charge in [-0.3, -0.25) is 14.6 Å². The molecule has 0 saturated heterocycles. The first-order chi connectivity index (χ1) is 19.1. The van der Waals surface area contributed by atoms with Crippen molar-refractivity contribution < 1.29 is 18.7 Å². The molecule has 0 aliphatic carbocycles. The number of carbonyl (C=O) groups excluding carboxylic acids is 2. The van der Waals surface area contributed by atoms with Gasteiger partial charge in [-0.15, -0.1) is 10.2 Å². The summed E-state index contributed by atoms with van der Waals surface area (Å²) in [6.07, 6.45) is 5.89. The van der Waals surface area contributed by atoms with Crippen LogP contribution in [0.25, 0.3) is 23.0 Å². The quantitative estimate of drug-likeness (QED) is 0.137. The standard InChI is InChI=1S/C31H34N4O4/c1-3-5-9-26(33-25-19-17-23(18-20-25)28(36)11-8-12-29(37)38-4-2)22-13-15-24(16-14-22)30-34-35-31(39-30)27-10-6-7-21-32-27/h6-7,10,13-21,26,33H,3-5,8-9,11-12H2,1-2H3/t26-/m1/s1. The van der Waals surface area contributed by atoms with E-state index in [1.165, 1.54) is 0 Å². The van der Waals surface area contributed by atoms with Gasteiger partial charge in [0.05, 0.1) is 12.6 Å². The molecule has 4 rings (SSSR count). The normalized spacial score (nSPS) is 11.6. The molecule has 4 aromatic rings. The van der Waals surface area contributed by atoms with Crippen LogP contribution in [-0.2, 0) is 9.53 Å². The average molecular weight is 527 g/mol. The molecule has 0 fully saturated rings. The second kappa shape index (κ2) is 14.0. The zero-order valence-electron chi connectivity index (χ0n) is 22.4. The van der Waals surface area contributed by atoms with E-state index in [4.69, 9.17) is 9.15 Å². The monoisotopic (exact) mass is 526 g/mol. The number of unbranched alkanes of at least 4 members (excludes halogenated alkanes) is 1. The van der Waals surface area contributed by atoms with Crippen LogP contribution in [0.2, 0.25) is 0 Å². The summed E-state index contributed by atoms with van der Waals surface area (Å²) < 4.78 is 10.8. The van der Waals surface area contributed by atoms with Crippen molar-refractivity contribution in [3.8, 4) is 23.0 Å². The third-order valence-corrected chi connectivity index (χ3v) is 6.35. The molecule has 2 aromatic carbocycles. The molecule has 0 aliphatic rings. The topological polar surface area (TPSA) is 107 Å². The molecule has 39 heavy (non-hydrogen) atoms. The van der Waals surface area contributed by atoms with Crippen LogP contribution in [0.5, 0.6) is 0 Å². The van der Waals surface area contributed by atoms with Crippen molar-refractivity contribution in [1.29, 1.82) is 0 Å². The van der Waals surface area contributed by atoms with E-state index in [9.17, 15) is 9.59 Å². The Morgan fingerprint density at radius 3 is 2.36 bits per heavy atom. The molecule has 1 N–H and O–H groups in total. The van der Waals surface area contributed by atoms with Gasteiger partial charge in [-0.2, -0.15) is 0 Å². The minimum atomic E-state index is -0.262. The lowest BCUT2D eigenvalue weighted by Gasteiger charge is -2.21. The SMILES string of the molecule is CCCC[C@@H](Nc1ccc(C(=O)CCCC(=O)OCC)cc1)c1ccc(-c2nnc(-c3ccccn3)o2)cc1. The summed E-state index contributed by atoms with van der Waals surface area (Å²) >= 11 is 0. The molecule has 0 spiro atoms. The fraction of sp³-hybridized carbons (Fsp3) is 0.323. The van der Waals surface area contributed by atoms with Gasteiger partial charge in [0.25, 0.3) is 5.89 Å². The van der Waals surface area contributed by atoms with Gasteiger partial charge in [0.1, 0.15) is 5.69 Å². The van der Waals surface area contributed by atoms with Crippen molar-refractivity contribution in [2.24, 2.45) is 0 Å². The minimum Gasteiger partial charge on any atom is -0.466 e. The molecule has 0 unspecified atom stereocenters. The Morgan fingerprint density at radius 1 is 0.897 bits per heavy atom. The molecule has 2 aromatic heterocycles. The van der Waals surface area contributed by atoms with Gasteiger partial charge in [-0.1, -0.05) is 38.0 Å². The number of Topliss-reactive ketones (excluding diaryl/α,β-unsaturated/α-hetero) is 1. The van der Waals surface area contributed by atoms with E-state index in [2.05, 4.69) is 39.6 Å². The number of ether oxygens (including phenoxy) is 1. The van der Waals surface area contributed by atoms with Crippen molar-refractivity contribution in [2.45, 2.75) is 58.4 Å². The highest BCUT2D eigenvalue weighted by Gasteiger charge is 2.15. The van der Waals surface area contributed by atoms with E-state index in [1.54, 1.807) is 13.1 Å². The summed E-state index contributed by atoms with van der Waals surface area (Å²) in [4.78, 5) is 28.3. The van der Waals surface area contributed by atoms with E-state index < -0.39 is 0 Å². The van der Waals surface area contributed by atoms with Crippen LogP contribution in [0.1, 0.15) is 74.3 Å². The molecule has 2 heterocycles.